The van der Waals surface area contributed by atoms with Crippen LogP contribution in [0, 0.1) is 0 Å². The average Bonchev–Trinajstić information content (AvgIpc) is 4.17. The molecule has 0 aromatic heterocycles. The van der Waals surface area contributed by atoms with Gasteiger partial charge in [0.1, 0.15) is 111 Å². The fraction of sp³-hybridized carbons (Fsp3) is 0.390. The molecule has 6 aliphatic heterocycles. The lowest BCUT2D eigenvalue weighted by molar-refractivity contribution is 0.257. The molecule has 6 aromatic carbocycles. The number of hydrogen-bond donors (Lipinski definition) is 0. The van der Waals surface area contributed by atoms with Crippen molar-refractivity contribution < 1.29 is 56.8 Å². The summed E-state index contributed by atoms with van der Waals surface area (Å²) in [7, 11) is 0. The Hall–Kier alpha value is -6.12. The van der Waals surface area contributed by atoms with Gasteiger partial charge in [0, 0.05) is 12.8 Å². The molecule has 6 saturated heterocycles. The van der Waals surface area contributed by atoms with Crippen LogP contribution in [0.4, 0.5) is 0 Å². The van der Waals surface area contributed by atoms with Crippen LogP contribution in [0.2, 0.25) is 0 Å². The van der Waals surface area contributed by atoms with Crippen molar-refractivity contribution in [3.63, 3.8) is 0 Å². The highest BCUT2D eigenvalue weighted by Crippen LogP contribution is 2.37. The highest BCUT2D eigenvalue weighted by molar-refractivity contribution is 5.54. The lowest BCUT2D eigenvalue weighted by Crippen LogP contribution is -2.12. The van der Waals surface area contributed by atoms with Crippen molar-refractivity contribution in [3.05, 3.63) is 177 Å². The van der Waals surface area contributed by atoms with Crippen LogP contribution < -0.4 is 28.4 Å². The van der Waals surface area contributed by atoms with Gasteiger partial charge in [-0.15, -0.1) is 0 Å². The van der Waals surface area contributed by atoms with Gasteiger partial charge in [-0.25, -0.2) is 0 Å². The molecule has 6 atom stereocenters. The van der Waals surface area contributed by atoms with E-state index in [0.717, 1.165) is 89.4 Å². The Balaban J connectivity index is 0.878. The normalized spacial score (nSPS) is 22.0. The second-order valence-corrected chi connectivity index (χ2v) is 19.5. The number of ether oxygens (including phenoxy) is 12. The number of benzene rings is 6. The van der Waals surface area contributed by atoms with Crippen molar-refractivity contribution in [2.24, 2.45) is 0 Å². The van der Waals surface area contributed by atoms with E-state index >= 15 is 0 Å². The summed E-state index contributed by atoms with van der Waals surface area (Å²) in [5.74, 6) is 5.08. The predicted octanol–water partition coefficient (Wildman–Crippen LogP) is 8.31. The van der Waals surface area contributed by atoms with Crippen LogP contribution in [-0.4, -0.2) is 116 Å². The predicted molar refractivity (Wildman–Crippen MR) is 264 cm³/mol. The van der Waals surface area contributed by atoms with E-state index in [2.05, 4.69) is 97.1 Å². The summed E-state index contributed by atoms with van der Waals surface area (Å²) in [6.45, 7) is 7.60. The smallest absolute Gasteiger partial charge is 0.126 e. The molecule has 6 heterocycles. The van der Waals surface area contributed by atoms with E-state index < -0.39 is 0 Å². The fourth-order valence-corrected chi connectivity index (χ4v) is 8.74. The largest absolute Gasteiger partial charge is 0.491 e. The van der Waals surface area contributed by atoms with E-state index in [1.165, 1.54) is 33.4 Å². The van der Waals surface area contributed by atoms with Crippen molar-refractivity contribution in [1.82, 2.24) is 0 Å². The molecule has 368 valence electrons. The molecule has 6 unspecified atom stereocenters. The van der Waals surface area contributed by atoms with Crippen molar-refractivity contribution >= 4 is 0 Å². The summed E-state index contributed by atoms with van der Waals surface area (Å²) in [6, 6.07) is 42.9. The van der Waals surface area contributed by atoms with Crippen LogP contribution in [-0.2, 0) is 60.5 Å². The first kappa shape index (κ1) is 46.0. The summed E-state index contributed by atoms with van der Waals surface area (Å²) < 4.78 is 70.8. The highest BCUT2D eigenvalue weighted by atomic mass is 16.6. The Labute approximate surface area is 414 Å². The number of rotatable bonds is 28. The van der Waals surface area contributed by atoms with Gasteiger partial charge < -0.3 is 56.8 Å². The molecule has 6 aromatic rings. The quantitative estimate of drug-likeness (QED) is 0.0439. The van der Waals surface area contributed by atoms with Gasteiger partial charge in [0.15, 0.2) is 0 Å². The third kappa shape index (κ3) is 13.6. The molecule has 12 nitrogen and oxygen atoms in total. The number of epoxide rings is 6. The molecule has 0 saturated carbocycles. The van der Waals surface area contributed by atoms with E-state index in [1.807, 2.05) is 24.3 Å². The zero-order valence-corrected chi connectivity index (χ0v) is 39.9. The zero-order chi connectivity index (χ0) is 47.3. The maximum Gasteiger partial charge on any atom is 0.126 e. The van der Waals surface area contributed by atoms with Gasteiger partial charge in [-0.3, -0.25) is 0 Å². The van der Waals surface area contributed by atoms with Crippen LogP contribution in [0.1, 0.15) is 55.6 Å². The Morgan fingerprint density at radius 3 is 0.901 bits per heavy atom. The summed E-state index contributed by atoms with van der Waals surface area (Å²) >= 11 is 0. The zero-order valence-electron chi connectivity index (χ0n) is 39.9. The van der Waals surface area contributed by atoms with E-state index in [1.54, 1.807) is 0 Å². The van der Waals surface area contributed by atoms with E-state index in [9.17, 15) is 0 Å². The minimum absolute atomic E-state index is 0.0572. The Kier molecular flexibility index (Phi) is 13.8. The van der Waals surface area contributed by atoms with E-state index in [4.69, 9.17) is 56.8 Å². The van der Waals surface area contributed by atoms with Gasteiger partial charge in [-0.05, 0) is 123 Å². The summed E-state index contributed by atoms with van der Waals surface area (Å²) in [4.78, 5) is 0. The maximum absolute atomic E-state index is 6.94. The van der Waals surface area contributed by atoms with Crippen molar-refractivity contribution in [2.45, 2.75) is 68.7 Å². The molecule has 6 aliphatic rings. The van der Waals surface area contributed by atoms with Crippen LogP contribution in [0.25, 0.3) is 0 Å². The minimum atomic E-state index is 0.0572. The van der Waals surface area contributed by atoms with Gasteiger partial charge in [-0.2, -0.15) is 0 Å². The van der Waals surface area contributed by atoms with Crippen molar-refractivity contribution in [2.75, 3.05) is 79.3 Å². The molecular formula is C59H60O12. The lowest BCUT2D eigenvalue weighted by atomic mass is 9.91. The van der Waals surface area contributed by atoms with Crippen molar-refractivity contribution in [3.8, 4) is 34.5 Å². The van der Waals surface area contributed by atoms with Crippen LogP contribution in [0.5, 0.6) is 34.5 Å². The molecule has 12 rings (SSSR count). The van der Waals surface area contributed by atoms with Crippen LogP contribution in [0.15, 0.2) is 121 Å². The molecule has 71 heavy (non-hydrogen) atoms. The molecule has 0 spiro atoms. The summed E-state index contributed by atoms with van der Waals surface area (Å²) in [5.41, 5.74) is 11.4. The summed E-state index contributed by atoms with van der Waals surface area (Å²) in [5, 5.41) is 0. The molecular weight excluding hydrogens is 901 g/mol. The molecule has 0 amide bonds. The lowest BCUT2D eigenvalue weighted by Gasteiger charge is -2.21. The van der Waals surface area contributed by atoms with Gasteiger partial charge in [0.2, 0.25) is 0 Å². The van der Waals surface area contributed by atoms with Gasteiger partial charge in [-0.1, -0.05) is 72.8 Å². The van der Waals surface area contributed by atoms with Gasteiger partial charge in [0.05, 0.1) is 39.6 Å². The Morgan fingerprint density at radius 1 is 0.282 bits per heavy atom. The maximum atomic E-state index is 6.94. The first-order valence-corrected chi connectivity index (χ1v) is 25.1. The first-order chi connectivity index (χ1) is 35.0. The third-order valence-electron chi connectivity index (χ3n) is 13.3. The van der Waals surface area contributed by atoms with E-state index in [0.29, 0.717) is 78.7 Å². The SMILES string of the molecule is c1cc(OCC2CO2)ccc1Cc1ccc(OCC2CO2)c(Cc2cc(Cc3ccc(OCC4CO4)cc3)cc(Cc3cc(Cc4ccc(OCC5CO5)cc4)ccc3OCC3CO3)c2OCC2CO2)c1. The fourth-order valence-electron chi connectivity index (χ4n) is 8.74. The molecule has 0 N–H and O–H groups in total. The van der Waals surface area contributed by atoms with E-state index in [-0.39, 0.29) is 36.6 Å². The monoisotopic (exact) mass is 960 g/mol. The molecule has 0 aliphatic carbocycles. The van der Waals surface area contributed by atoms with Crippen LogP contribution in [0.3, 0.4) is 0 Å². The molecule has 0 radical (unpaired) electrons. The third-order valence-corrected chi connectivity index (χ3v) is 13.3. The minimum Gasteiger partial charge on any atom is -0.491 e. The molecule has 12 heteroatoms. The Bertz CT molecular complexity index is 2590. The second-order valence-electron chi connectivity index (χ2n) is 19.5. The standard InChI is InChI=1S/C59H60O12/c1-9-48(60-26-51-29-63-51)10-2-38(1)17-41-7-15-57(69-35-54-32-66-54)44(20-41)24-46-22-43(19-40-5-13-50(14-6-40)62-28-53-31-65-53)23-47(59(46)71-37-56-34-68-56)25-45-21-42(8-16-58(45)70-36-55-33-67-55)18-39-3-11-49(12-4-39)61-27-52-30-64-52/h1-16,20-23,51-56H,17-19,24-37H2. The number of hydrogen-bond acceptors (Lipinski definition) is 12. The van der Waals surface area contributed by atoms with Gasteiger partial charge >= 0.3 is 0 Å². The molecule has 6 fully saturated rings. The van der Waals surface area contributed by atoms with Gasteiger partial charge in [0.25, 0.3) is 0 Å². The topological polar surface area (TPSA) is 131 Å². The Morgan fingerprint density at radius 2 is 0.563 bits per heavy atom. The first-order valence-electron chi connectivity index (χ1n) is 25.1. The van der Waals surface area contributed by atoms with Crippen LogP contribution >= 0.6 is 0 Å². The van der Waals surface area contributed by atoms with Crippen molar-refractivity contribution in [1.29, 1.82) is 0 Å². The summed E-state index contributed by atoms with van der Waals surface area (Å²) in [6.07, 6.45) is 4.28. The second kappa shape index (κ2) is 21.3. The average molecular weight is 961 g/mol. The molecule has 0 bridgehead atoms. The highest BCUT2D eigenvalue weighted by Gasteiger charge is 2.29.